The Labute approximate surface area is 133 Å². The Morgan fingerprint density at radius 2 is 1.76 bits per heavy atom. The molecule has 0 bridgehead atoms. The second-order valence-electron chi connectivity index (χ2n) is 5.96. The van der Waals surface area contributed by atoms with Crippen LogP contribution in [-0.2, 0) is 9.59 Å². The van der Waals surface area contributed by atoms with Gasteiger partial charge in [0.15, 0.2) is 0 Å². The van der Waals surface area contributed by atoms with Gasteiger partial charge >= 0.3 is 0 Å². The molecule has 2 amide bonds. The number of carbonyl (C=O) groups is 2. The highest BCUT2D eigenvalue weighted by Crippen LogP contribution is 2.35. The van der Waals surface area contributed by atoms with E-state index in [1.54, 1.807) is 9.80 Å². The van der Waals surface area contributed by atoms with Crippen molar-refractivity contribution in [2.24, 2.45) is 0 Å². The summed E-state index contributed by atoms with van der Waals surface area (Å²) in [5, 5.41) is 0. The zero-order valence-corrected chi connectivity index (χ0v) is 14.1. The van der Waals surface area contributed by atoms with Gasteiger partial charge in [0.1, 0.15) is 12.1 Å². The molecule has 21 heavy (non-hydrogen) atoms. The molecule has 2 atom stereocenters. The fourth-order valence-corrected chi connectivity index (χ4v) is 4.26. The molecule has 2 aliphatic heterocycles. The Morgan fingerprint density at radius 1 is 1.14 bits per heavy atom. The van der Waals surface area contributed by atoms with Gasteiger partial charge in [-0.3, -0.25) is 14.5 Å². The van der Waals surface area contributed by atoms with E-state index < -0.39 is 6.04 Å². The zero-order chi connectivity index (χ0) is 15.3. The van der Waals surface area contributed by atoms with Crippen LogP contribution in [0.3, 0.4) is 0 Å². The number of hydrogen-bond donors (Lipinski definition) is 0. The smallest absolute Gasteiger partial charge is 0.250 e. The minimum Gasteiger partial charge on any atom is -0.329 e. The molecule has 1 aromatic rings. The lowest BCUT2D eigenvalue weighted by Gasteiger charge is -2.42. The van der Waals surface area contributed by atoms with E-state index in [-0.39, 0.29) is 17.9 Å². The summed E-state index contributed by atoms with van der Waals surface area (Å²) in [6, 6.07) is 3.29. The highest BCUT2D eigenvalue weighted by molar-refractivity contribution is 9.10. The second kappa shape index (κ2) is 5.13. The standard InChI is InChI=1S/C16H19BrN2O2/c1-9-7-12(17)8-10(2)14(9)19-11(3)15(20)18-6-4-5-13(18)16(19)21/h7-8,11,13H,4-6H2,1-3H3. The number of anilines is 1. The molecule has 0 N–H and O–H groups in total. The molecule has 5 heteroatoms. The SMILES string of the molecule is Cc1cc(Br)cc(C)c1N1C(=O)C2CCCN2C(=O)C1C. The Hall–Kier alpha value is -1.36. The van der Waals surface area contributed by atoms with E-state index in [0.717, 1.165) is 34.1 Å². The van der Waals surface area contributed by atoms with Crippen molar-refractivity contribution in [1.29, 1.82) is 0 Å². The van der Waals surface area contributed by atoms with E-state index >= 15 is 0 Å². The lowest BCUT2D eigenvalue weighted by molar-refractivity contribution is -0.143. The van der Waals surface area contributed by atoms with Gasteiger partial charge < -0.3 is 4.90 Å². The van der Waals surface area contributed by atoms with Crippen LogP contribution in [0.15, 0.2) is 16.6 Å². The van der Waals surface area contributed by atoms with Crippen LogP contribution in [0, 0.1) is 13.8 Å². The van der Waals surface area contributed by atoms with Crippen molar-refractivity contribution in [2.75, 3.05) is 11.4 Å². The van der Waals surface area contributed by atoms with Crippen LogP contribution in [0.5, 0.6) is 0 Å². The molecule has 112 valence electrons. The van der Waals surface area contributed by atoms with Crippen molar-refractivity contribution in [2.45, 2.75) is 45.7 Å². The molecule has 0 saturated carbocycles. The summed E-state index contributed by atoms with van der Waals surface area (Å²) in [4.78, 5) is 28.9. The number of rotatable bonds is 1. The lowest BCUT2D eigenvalue weighted by atomic mass is 10.0. The van der Waals surface area contributed by atoms with Crippen LogP contribution >= 0.6 is 15.9 Å². The molecule has 2 aliphatic rings. The predicted molar refractivity (Wildman–Crippen MR) is 85.3 cm³/mol. The van der Waals surface area contributed by atoms with Crippen LogP contribution in [-0.4, -0.2) is 35.3 Å². The molecular weight excluding hydrogens is 332 g/mol. The third kappa shape index (κ3) is 2.18. The fraction of sp³-hybridized carbons (Fsp3) is 0.500. The van der Waals surface area contributed by atoms with Gasteiger partial charge in [-0.2, -0.15) is 0 Å². The zero-order valence-electron chi connectivity index (χ0n) is 12.5. The highest BCUT2D eigenvalue weighted by atomic mass is 79.9. The van der Waals surface area contributed by atoms with Crippen LogP contribution in [0.4, 0.5) is 5.69 Å². The Bertz CT molecular complexity index is 606. The molecule has 0 aliphatic carbocycles. The van der Waals surface area contributed by atoms with Gasteiger partial charge in [0.25, 0.3) is 5.91 Å². The minimum atomic E-state index is -0.426. The minimum absolute atomic E-state index is 0.0631. The molecule has 0 radical (unpaired) electrons. The molecule has 0 spiro atoms. The van der Waals surface area contributed by atoms with E-state index in [2.05, 4.69) is 15.9 Å². The first-order valence-electron chi connectivity index (χ1n) is 7.32. The molecule has 2 heterocycles. The number of aryl methyl sites for hydroxylation is 2. The highest BCUT2D eigenvalue weighted by Gasteiger charge is 2.47. The Balaban J connectivity index is 2.09. The van der Waals surface area contributed by atoms with Crippen LogP contribution < -0.4 is 4.90 Å². The Morgan fingerprint density at radius 3 is 2.38 bits per heavy atom. The molecule has 4 nitrogen and oxygen atoms in total. The Kier molecular flexibility index (Phi) is 3.56. The summed E-state index contributed by atoms with van der Waals surface area (Å²) >= 11 is 3.48. The fourth-order valence-electron chi connectivity index (χ4n) is 3.58. The molecular formula is C16H19BrN2O2. The molecule has 0 aromatic heterocycles. The van der Waals surface area contributed by atoms with E-state index in [9.17, 15) is 9.59 Å². The van der Waals surface area contributed by atoms with Gasteiger partial charge in [-0.15, -0.1) is 0 Å². The number of piperazine rings is 1. The quantitative estimate of drug-likeness (QED) is 0.781. The van der Waals surface area contributed by atoms with Crippen LogP contribution in [0.2, 0.25) is 0 Å². The van der Waals surface area contributed by atoms with Crippen molar-refractivity contribution in [3.05, 3.63) is 27.7 Å². The molecule has 2 fully saturated rings. The number of hydrogen-bond acceptors (Lipinski definition) is 2. The van der Waals surface area contributed by atoms with Gasteiger partial charge in [-0.05, 0) is 56.9 Å². The van der Waals surface area contributed by atoms with Crippen molar-refractivity contribution in [3.63, 3.8) is 0 Å². The van der Waals surface area contributed by atoms with Crippen molar-refractivity contribution >= 4 is 33.4 Å². The number of fused-ring (bicyclic) bond motifs is 1. The monoisotopic (exact) mass is 350 g/mol. The van der Waals surface area contributed by atoms with E-state index in [0.29, 0.717) is 6.54 Å². The van der Waals surface area contributed by atoms with Crippen molar-refractivity contribution < 1.29 is 9.59 Å². The summed E-state index contributed by atoms with van der Waals surface area (Å²) in [7, 11) is 0. The maximum atomic E-state index is 12.9. The summed E-state index contributed by atoms with van der Waals surface area (Å²) in [6.07, 6.45) is 1.70. The van der Waals surface area contributed by atoms with E-state index in [1.165, 1.54) is 0 Å². The number of benzene rings is 1. The number of nitrogens with zero attached hydrogens (tertiary/aromatic N) is 2. The maximum absolute atomic E-state index is 12.9. The topological polar surface area (TPSA) is 40.6 Å². The van der Waals surface area contributed by atoms with Gasteiger partial charge in [-0.25, -0.2) is 0 Å². The number of carbonyl (C=O) groups excluding carboxylic acids is 2. The third-order valence-electron chi connectivity index (χ3n) is 4.50. The largest absolute Gasteiger partial charge is 0.329 e. The lowest BCUT2D eigenvalue weighted by Crippen LogP contribution is -2.62. The first kappa shape index (κ1) is 14.6. The van der Waals surface area contributed by atoms with E-state index in [1.807, 2.05) is 32.9 Å². The van der Waals surface area contributed by atoms with Crippen LogP contribution in [0.1, 0.15) is 30.9 Å². The van der Waals surface area contributed by atoms with Gasteiger partial charge in [0, 0.05) is 11.0 Å². The summed E-state index contributed by atoms with van der Waals surface area (Å²) < 4.78 is 0.993. The first-order chi connectivity index (χ1) is 9.91. The van der Waals surface area contributed by atoms with E-state index in [4.69, 9.17) is 0 Å². The maximum Gasteiger partial charge on any atom is 0.250 e. The number of halogens is 1. The average Bonchev–Trinajstić information content (AvgIpc) is 2.88. The van der Waals surface area contributed by atoms with Crippen LogP contribution in [0.25, 0.3) is 0 Å². The first-order valence-corrected chi connectivity index (χ1v) is 8.11. The molecule has 3 rings (SSSR count). The van der Waals surface area contributed by atoms with Crippen molar-refractivity contribution in [1.82, 2.24) is 4.90 Å². The summed E-state index contributed by atoms with van der Waals surface area (Å²) in [5.74, 6) is 0.131. The molecule has 2 unspecified atom stereocenters. The third-order valence-corrected chi connectivity index (χ3v) is 4.96. The summed E-state index contributed by atoms with van der Waals surface area (Å²) in [6.45, 7) is 6.51. The molecule has 1 aromatic carbocycles. The normalized spacial score (nSPS) is 25.5. The van der Waals surface area contributed by atoms with Gasteiger partial charge in [0.05, 0.1) is 5.69 Å². The predicted octanol–water partition coefficient (Wildman–Crippen LogP) is 2.79. The summed E-state index contributed by atoms with van der Waals surface area (Å²) in [5.41, 5.74) is 2.92. The second-order valence-corrected chi connectivity index (χ2v) is 6.88. The van der Waals surface area contributed by atoms with Gasteiger partial charge in [0.2, 0.25) is 5.91 Å². The molecule has 2 saturated heterocycles. The number of amides is 2. The van der Waals surface area contributed by atoms with Crippen molar-refractivity contribution in [3.8, 4) is 0 Å². The average molecular weight is 351 g/mol. The van der Waals surface area contributed by atoms with Gasteiger partial charge in [-0.1, -0.05) is 15.9 Å².